The molecule has 1 aromatic rings. The summed E-state index contributed by atoms with van der Waals surface area (Å²) in [7, 11) is 0. The minimum Gasteiger partial charge on any atom is -0.326 e. The molecule has 0 spiro atoms. The van der Waals surface area contributed by atoms with Crippen LogP contribution in [0.2, 0.25) is 0 Å². The second kappa shape index (κ2) is 11.9. The number of carbonyl (C=O) groups excluding carboxylic acids is 2. The summed E-state index contributed by atoms with van der Waals surface area (Å²) in [6.45, 7) is 10.7. The van der Waals surface area contributed by atoms with Gasteiger partial charge in [0.25, 0.3) is 0 Å². The van der Waals surface area contributed by atoms with Crippen molar-refractivity contribution in [3.63, 3.8) is 0 Å². The third-order valence-electron chi connectivity index (χ3n) is 2.48. The minimum atomic E-state index is -0.0278. The molecule has 0 saturated heterocycles. The lowest BCUT2D eigenvalue weighted by molar-refractivity contribution is -0.117. The summed E-state index contributed by atoms with van der Waals surface area (Å²) in [5.41, 5.74) is 3.21. The maximum Gasteiger partial charge on any atom is 0.221 e. The molecular weight excluding hydrogens is 262 g/mol. The van der Waals surface area contributed by atoms with E-state index in [0.29, 0.717) is 6.42 Å². The summed E-state index contributed by atoms with van der Waals surface area (Å²) in [5, 5.41) is 2.75. The number of hydrogen-bond donors (Lipinski definition) is 1. The van der Waals surface area contributed by atoms with Crippen molar-refractivity contribution in [2.45, 2.75) is 54.4 Å². The molecule has 0 bridgehead atoms. The Kier molecular flexibility index (Phi) is 12.1. The molecular formula is C18H29NO2. The van der Waals surface area contributed by atoms with Gasteiger partial charge in [-0.1, -0.05) is 19.6 Å². The van der Waals surface area contributed by atoms with Crippen molar-refractivity contribution in [2.75, 3.05) is 5.32 Å². The van der Waals surface area contributed by atoms with Gasteiger partial charge in [-0.05, 0) is 56.9 Å². The summed E-state index contributed by atoms with van der Waals surface area (Å²) in [5.74, 6) is 0.242. The maximum atomic E-state index is 10.7. The van der Waals surface area contributed by atoms with Gasteiger partial charge in [-0.25, -0.2) is 0 Å². The quantitative estimate of drug-likeness (QED) is 0.624. The molecule has 0 aliphatic carbocycles. The Morgan fingerprint density at radius 3 is 2.05 bits per heavy atom. The average Bonchev–Trinajstić information content (AvgIpc) is 2.27. The lowest BCUT2D eigenvalue weighted by Crippen LogP contribution is -2.05. The van der Waals surface area contributed by atoms with Crippen LogP contribution in [0.3, 0.4) is 0 Å². The molecule has 0 aromatic heterocycles. The monoisotopic (exact) mass is 291 g/mol. The first kappa shape index (κ1) is 21.4. The topological polar surface area (TPSA) is 46.2 Å². The fourth-order valence-corrected chi connectivity index (χ4v) is 1.75. The Balaban J connectivity index is 0. The molecule has 118 valence electrons. The van der Waals surface area contributed by atoms with Crippen LogP contribution in [0.15, 0.2) is 30.9 Å². The number of rotatable bonds is 5. The molecule has 21 heavy (non-hydrogen) atoms. The molecule has 0 heterocycles. The number of aryl methyl sites for hydroxylation is 2. The van der Waals surface area contributed by atoms with Gasteiger partial charge >= 0.3 is 0 Å². The normalized spacial score (nSPS) is 8.76. The first-order chi connectivity index (χ1) is 9.35. The van der Waals surface area contributed by atoms with Crippen molar-refractivity contribution in [3.8, 4) is 0 Å². The molecule has 1 aromatic carbocycles. The third-order valence-corrected chi connectivity index (χ3v) is 2.48. The summed E-state index contributed by atoms with van der Waals surface area (Å²) in [6, 6.07) is 5.98. The van der Waals surface area contributed by atoms with E-state index in [-0.39, 0.29) is 19.1 Å². The molecule has 1 amide bonds. The highest BCUT2D eigenvalue weighted by Gasteiger charge is 1.96. The van der Waals surface area contributed by atoms with E-state index in [1.54, 1.807) is 6.92 Å². The molecule has 1 N–H and O–H groups in total. The van der Waals surface area contributed by atoms with Crippen molar-refractivity contribution in [1.82, 2.24) is 0 Å². The summed E-state index contributed by atoms with van der Waals surface area (Å²) in [4.78, 5) is 21.0. The number of unbranched alkanes of at least 4 members (excludes halogenated alkanes) is 1. The highest BCUT2D eigenvalue weighted by molar-refractivity contribution is 5.88. The summed E-state index contributed by atoms with van der Waals surface area (Å²) < 4.78 is 0. The van der Waals surface area contributed by atoms with Gasteiger partial charge in [0, 0.05) is 19.0 Å². The van der Waals surface area contributed by atoms with Crippen molar-refractivity contribution >= 4 is 17.4 Å². The Morgan fingerprint density at radius 1 is 1.14 bits per heavy atom. The second-order valence-electron chi connectivity index (χ2n) is 4.94. The first-order valence-electron chi connectivity index (χ1n) is 6.81. The van der Waals surface area contributed by atoms with Crippen molar-refractivity contribution in [1.29, 1.82) is 0 Å². The Bertz CT molecular complexity index is 444. The second-order valence-corrected chi connectivity index (χ2v) is 4.94. The number of anilines is 1. The van der Waals surface area contributed by atoms with Gasteiger partial charge in [-0.15, -0.1) is 6.58 Å². The fraction of sp³-hybridized carbons (Fsp3) is 0.444. The van der Waals surface area contributed by atoms with E-state index in [9.17, 15) is 9.59 Å². The van der Waals surface area contributed by atoms with Gasteiger partial charge in [-0.2, -0.15) is 0 Å². The predicted octanol–water partition coefficient (Wildman–Crippen LogP) is 4.83. The largest absolute Gasteiger partial charge is 0.326 e. The van der Waals surface area contributed by atoms with Crippen LogP contribution in [-0.4, -0.2) is 11.7 Å². The van der Waals surface area contributed by atoms with Gasteiger partial charge in [0.15, 0.2) is 0 Å². The van der Waals surface area contributed by atoms with E-state index in [1.807, 2.05) is 32.1 Å². The molecule has 0 radical (unpaired) electrons. The molecule has 0 fully saturated rings. The van der Waals surface area contributed by atoms with Crippen LogP contribution >= 0.6 is 0 Å². The van der Waals surface area contributed by atoms with Gasteiger partial charge < -0.3 is 10.1 Å². The number of nitrogens with one attached hydrogen (secondary N) is 1. The number of amides is 1. The summed E-state index contributed by atoms with van der Waals surface area (Å²) in [6.07, 6.45) is 4.45. The number of carbonyl (C=O) groups is 2. The van der Waals surface area contributed by atoms with Crippen LogP contribution in [0.4, 0.5) is 5.69 Å². The van der Waals surface area contributed by atoms with E-state index in [0.717, 1.165) is 18.5 Å². The Morgan fingerprint density at radius 2 is 1.67 bits per heavy atom. The van der Waals surface area contributed by atoms with Crippen molar-refractivity contribution < 1.29 is 9.59 Å². The lowest BCUT2D eigenvalue weighted by Gasteiger charge is -2.04. The molecule has 0 aliphatic heterocycles. The number of ketones is 1. The van der Waals surface area contributed by atoms with E-state index in [2.05, 4.69) is 18.0 Å². The zero-order valence-corrected chi connectivity index (χ0v) is 13.0. The van der Waals surface area contributed by atoms with Crippen molar-refractivity contribution in [2.24, 2.45) is 0 Å². The van der Waals surface area contributed by atoms with E-state index in [4.69, 9.17) is 0 Å². The molecule has 0 unspecified atom stereocenters. The van der Waals surface area contributed by atoms with E-state index >= 15 is 0 Å². The number of hydrogen-bond acceptors (Lipinski definition) is 2. The molecule has 1 rings (SSSR count). The third kappa shape index (κ3) is 12.9. The minimum absolute atomic E-state index is 0. The Labute approximate surface area is 129 Å². The van der Waals surface area contributed by atoms with Crippen LogP contribution in [0.25, 0.3) is 0 Å². The van der Waals surface area contributed by atoms with Gasteiger partial charge in [0.1, 0.15) is 5.78 Å². The zero-order chi connectivity index (χ0) is 15.5. The van der Waals surface area contributed by atoms with E-state index < -0.39 is 0 Å². The Hall–Kier alpha value is -1.90. The van der Waals surface area contributed by atoms with Gasteiger partial charge in [0.05, 0.1) is 0 Å². The smallest absolute Gasteiger partial charge is 0.221 e. The van der Waals surface area contributed by atoms with Crippen LogP contribution < -0.4 is 5.32 Å². The van der Waals surface area contributed by atoms with Crippen LogP contribution in [-0.2, 0) is 9.59 Å². The number of Topliss-reactive ketones (excluding diaryl/α,β-unsaturated/α-hetero) is 1. The fourth-order valence-electron chi connectivity index (χ4n) is 1.75. The SMILES string of the molecule is C.C=CCCCC(C)=O.CC(=O)Nc1cc(C)cc(C)c1. The zero-order valence-electron chi connectivity index (χ0n) is 13.0. The van der Waals surface area contributed by atoms with Crippen LogP contribution in [0.5, 0.6) is 0 Å². The average molecular weight is 291 g/mol. The van der Waals surface area contributed by atoms with Crippen LogP contribution in [0, 0.1) is 13.8 Å². The standard InChI is InChI=1S/C10H13NO.C7H12O.CH4/c1-7-4-8(2)6-10(5-7)11-9(3)12;1-3-4-5-6-7(2)8;/h4-6H,1-3H3,(H,11,12);3H,1,4-6H2,2H3;1H4. The van der Waals surface area contributed by atoms with Crippen LogP contribution in [0.1, 0.15) is 51.7 Å². The van der Waals surface area contributed by atoms with Gasteiger partial charge in [0.2, 0.25) is 5.91 Å². The number of allylic oxidation sites excluding steroid dienone is 1. The lowest BCUT2D eigenvalue weighted by atomic mass is 10.1. The molecule has 0 aliphatic rings. The molecule has 3 heteroatoms. The predicted molar refractivity (Wildman–Crippen MR) is 91.7 cm³/mol. The summed E-state index contributed by atoms with van der Waals surface area (Å²) >= 11 is 0. The molecule has 0 saturated carbocycles. The van der Waals surface area contributed by atoms with E-state index in [1.165, 1.54) is 18.1 Å². The number of benzene rings is 1. The maximum absolute atomic E-state index is 10.7. The van der Waals surface area contributed by atoms with Crippen molar-refractivity contribution in [3.05, 3.63) is 42.0 Å². The van der Waals surface area contributed by atoms with Gasteiger partial charge in [-0.3, -0.25) is 4.79 Å². The first-order valence-corrected chi connectivity index (χ1v) is 6.81. The molecule has 0 atom stereocenters. The highest BCUT2D eigenvalue weighted by Crippen LogP contribution is 2.13. The highest BCUT2D eigenvalue weighted by atomic mass is 16.1. The molecule has 3 nitrogen and oxygen atoms in total.